The highest BCUT2D eigenvalue weighted by atomic mass is 19.1. The summed E-state index contributed by atoms with van der Waals surface area (Å²) in [5.41, 5.74) is 3.40. The third kappa shape index (κ3) is 2.33. The van der Waals surface area contributed by atoms with Crippen LogP contribution in [0.5, 0.6) is 0 Å². The van der Waals surface area contributed by atoms with Crippen LogP contribution in [0.3, 0.4) is 0 Å². The Balaban J connectivity index is 2.68. The fraction of sp³-hybridized carbons (Fsp3) is 0.214. The normalized spacial score (nSPS) is 12.2. The average molecular weight is 245 g/mol. The molecule has 4 heteroatoms. The molecule has 0 saturated heterocycles. The zero-order chi connectivity index (χ0) is 13.1. The van der Waals surface area contributed by atoms with Gasteiger partial charge in [-0.25, -0.2) is 10.2 Å². The van der Waals surface area contributed by atoms with E-state index in [4.69, 9.17) is 5.84 Å². The number of aliphatic imine (C=N–C) groups is 1. The van der Waals surface area contributed by atoms with Crippen molar-refractivity contribution < 1.29 is 4.39 Å². The predicted molar refractivity (Wildman–Crippen MR) is 72.9 cm³/mol. The summed E-state index contributed by atoms with van der Waals surface area (Å²) in [7, 11) is 0. The Kier molecular flexibility index (Phi) is 3.58. The lowest BCUT2D eigenvalue weighted by Crippen LogP contribution is -2.32. The second-order valence-corrected chi connectivity index (χ2v) is 4.36. The van der Waals surface area contributed by atoms with Gasteiger partial charge in [-0.2, -0.15) is 0 Å². The van der Waals surface area contributed by atoms with E-state index in [2.05, 4.69) is 10.4 Å². The van der Waals surface area contributed by atoms with E-state index in [-0.39, 0.29) is 11.9 Å². The molecule has 0 aliphatic carbocycles. The maximum Gasteiger partial charge on any atom is 0.143 e. The van der Waals surface area contributed by atoms with E-state index in [0.717, 1.165) is 10.9 Å². The maximum atomic E-state index is 13.7. The SMILES string of the molecule is CC(C)N=C(NN)c1ccc(F)c2ccccc12. The maximum absolute atomic E-state index is 13.7. The highest BCUT2D eigenvalue weighted by Crippen LogP contribution is 2.22. The molecule has 2 aromatic carbocycles. The van der Waals surface area contributed by atoms with Crippen molar-refractivity contribution in [3.05, 3.63) is 47.8 Å². The van der Waals surface area contributed by atoms with E-state index < -0.39 is 0 Å². The van der Waals surface area contributed by atoms with Gasteiger partial charge in [0.15, 0.2) is 0 Å². The minimum atomic E-state index is -0.240. The molecule has 2 rings (SSSR count). The van der Waals surface area contributed by atoms with Crippen molar-refractivity contribution in [1.29, 1.82) is 0 Å². The molecule has 3 nitrogen and oxygen atoms in total. The first kappa shape index (κ1) is 12.5. The van der Waals surface area contributed by atoms with Gasteiger partial charge in [-0.1, -0.05) is 24.3 Å². The van der Waals surface area contributed by atoms with Crippen LogP contribution >= 0.6 is 0 Å². The first-order valence-electron chi connectivity index (χ1n) is 5.85. The Labute approximate surface area is 105 Å². The Morgan fingerprint density at radius 1 is 1.17 bits per heavy atom. The summed E-state index contributed by atoms with van der Waals surface area (Å²) < 4.78 is 13.7. The van der Waals surface area contributed by atoms with Crippen LogP contribution in [0.25, 0.3) is 10.8 Å². The summed E-state index contributed by atoms with van der Waals surface area (Å²) in [5.74, 6) is 5.84. The number of nitrogens with one attached hydrogen (secondary N) is 1. The summed E-state index contributed by atoms with van der Waals surface area (Å²) in [6.45, 7) is 3.92. The second kappa shape index (κ2) is 5.14. The zero-order valence-corrected chi connectivity index (χ0v) is 10.4. The van der Waals surface area contributed by atoms with E-state index in [1.807, 2.05) is 32.0 Å². The summed E-state index contributed by atoms with van der Waals surface area (Å²) in [6.07, 6.45) is 0. The van der Waals surface area contributed by atoms with Gasteiger partial charge >= 0.3 is 0 Å². The molecule has 0 aliphatic rings. The van der Waals surface area contributed by atoms with Crippen LogP contribution in [0.2, 0.25) is 0 Å². The molecular formula is C14H16FN3. The summed E-state index contributed by atoms with van der Waals surface area (Å²) in [4.78, 5) is 4.40. The van der Waals surface area contributed by atoms with Crippen LogP contribution in [0.15, 0.2) is 41.4 Å². The van der Waals surface area contributed by atoms with Crippen LogP contribution in [0, 0.1) is 5.82 Å². The molecule has 2 aromatic rings. The predicted octanol–water partition coefficient (Wildman–Crippen LogP) is 2.60. The minimum Gasteiger partial charge on any atom is -0.308 e. The number of amidine groups is 1. The molecule has 0 bridgehead atoms. The van der Waals surface area contributed by atoms with Crippen molar-refractivity contribution in [3.63, 3.8) is 0 Å². The Morgan fingerprint density at radius 3 is 2.44 bits per heavy atom. The molecule has 0 aliphatic heterocycles. The topological polar surface area (TPSA) is 50.4 Å². The van der Waals surface area contributed by atoms with E-state index >= 15 is 0 Å². The number of benzene rings is 2. The van der Waals surface area contributed by atoms with E-state index in [1.54, 1.807) is 12.1 Å². The molecule has 0 unspecified atom stereocenters. The van der Waals surface area contributed by atoms with Crippen LogP contribution < -0.4 is 11.3 Å². The highest BCUT2D eigenvalue weighted by molar-refractivity contribution is 6.09. The standard InChI is InChI=1S/C14H16FN3/c1-9(2)17-14(18-16)12-7-8-13(15)11-6-4-3-5-10(11)12/h3-9H,16H2,1-2H3,(H,17,18). The lowest BCUT2D eigenvalue weighted by atomic mass is 10.0. The monoisotopic (exact) mass is 245 g/mol. The van der Waals surface area contributed by atoms with E-state index in [9.17, 15) is 4.39 Å². The summed E-state index contributed by atoms with van der Waals surface area (Å²) >= 11 is 0. The average Bonchev–Trinajstić information content (AvgIpc) is 2.37. The van der Waals surface area contributed by atoms with E-state index in [1.165, 1.54) is 6.07 Å². The fourth-order valence-corrected chi connectivity index (χ4v) is 1.91. The van der Waals surface area contributed by atoms with Gasteiger partial charge in [-0.05, 0) is 31.4 Å². The van der Waals surface area contributed by atoms with Crippen molar-refractivity contribution in [2.45, 2.75) is 19.9 Å². The highest BCUT2D eigenvalue weighted by Gasteiger charge is 2.10. The van der Waals surface area contributed by atoms with E-state index in [0.29, 0.717) is 11.2 Å². The summed E-state index contributed by atoms with van der Waals surface area (Å²) in [6, 6.07) is 10.5. The van der Waals surface area contributed by atoms with Crippen molar-refractivity contribution in [3.8, 4) is 0 Å². The van der Waals surface area contributed by atoms with Gasteiger partial charge in [0.25, 0.3) is 0 Å². The molecule has 0 radical (unpaired) electrons. The van der Waals surface area contributed by atoms with Crippen molar-refractivity contribution in [1.82, 2.24) is 5.43 Å². The molecule has 0 atom stereocenters. The number of halogens is 1. The molecule has 94 valence electrons. The molecule has 18 heavy (non-hydrogen) atoms. The summed E-state index contributed by atoms with van der Waals surface area (Å²) in [5, 5.41) is 1.37. The van der Waals surface area contributed by atoms with Crippen molar-refractivity contribution in [2.24, 2.45) is 10.8 Å². The minimum absolute atomic E-state index is 0.111. The van der Waals surface area contributed by atoms with Crippen LogP contribution in [0.4, 0.5) is 4.39 Å². The molecule has 0 heterocycles. The molecule has 3 N–H and O–H groups in total. The van der Waals surface area contributed by atoms with Gasteiger partial charge in [0.1, 0.15) is 11.7 Å². The van der Waals surface area contributed by atoms with Crippen LogP contribution in [-0.4, -0.2) is 11.9 Å². The molecular weight excluding hydrogens is 229 g/mol. The Hall–Kier alpha value is -1.94. The van der Waals surface area contributed by atoms with Gasteiger partial charge in [-0.15, -0.1) is 0 Å². The van der Waals surface area contributed by atoms with Gasteiger partial charge in [0.2, 0.25) is 0 Å². The quantitative estimate of drug-likeness (QED) is 0.370. The molecule has 0 amide bonds. The Bertz CT molecular complexity index is 591. The zero-order valence-electron chi connectivity index (χ0n) is 10.4. The third-order valence-electron chi connectivity index (χ3n) is 2.65. The number of hydrogen-bond donors (Lipinski definition) is 2. The Morgan fingerprint density at radius 2 is 1.83 bits per heavy atom. The number of rotatable bonds is 2. The van der Waals surface area contributed by atoms with Gasteiger partial charge in [-0.3, -0.25) is 4.99 Å². The fourth-order valence-electron chi connectivity index (χ4n) is 1.91. The lowest BCUT2D eigenvalue weighted by Gasteiger charge is -2.11. The molecule has 0 spiro atoms. The first-order valence-corrected chi connectivity index (χ1v) is 5.85. The molecule has 0 aromatic heterocycles. The largest absolute Gasteiger partial charge is 0.308 e. The number of hydrazine groups is 1. The van der Waals surface area contributed by atoms with Gasteiger partial charge in [0, 0.05) is 17.0 Å². The van der Waals surface area contributed by atoms with Crippen molar-refractivity contribution >= 4 is 16.6 Å². The molecule has 0 saturated carbocycles. The van der Waals surface area contributed by atoms with Crippen LogP contribution in [-0.2, 0) is 0 Å². The van der Waals surface area contributed by atoms with Gasteiger partial charge in [0.05, 0.1) is 0 Å². The number of nitrogens with two attached hydrogens (primary N) is 1. The number of hydrogen-bond acceptors (Lipinski definition) is 2. The third-order valence-corrected chi connectivity index (χ3v) is 2.65. The lowest BCUT2D eigenvalue weighted by molar-refractivity contribution is 0.640. The second-order valence-electron chi connectivity index (χ2n) is 4.36. The number of fused-ring (bicyclic) bond motifs is 1. The first-order chi connectivity index (χ1) is 8.63. The van der Waals surface area contributed by atoms with Gasteiger partial charge < -0.3 is 5.43 Å². The smallest absolute Gasteiger partial charge is 0.143 e. The molecule has 0 fully saturated rings. The van der Waals surface area contributed by atoms with Crippen molar-refractivity contribution in [2.75, 3.05) is 0 Å². The van der Waals surface area contributed by atoms with Crippen LogP contribution in [0.1, 0.15) is 19.4 Å². The number of nitrogens with zero attached hydrogens (tertiary/aromatic N) is 1.